The molecule has 0 fully saturated rings. The number of carbonyl (C=O) groups excluding carboxylic acids is 2. The minimum atomic E-state index is -1.04. The number of amides is 2. The number of nitrogens with zero attached hydrogens (tertiary/aromatic N) is 4. The molecule has 1 N–H and O–H groups in total. The molecule has 160 valence electrons. The SMILES string of the molecule is Cc1cc(=O)c(C(=O)N[C@H]2COc3cc(C#N)ccc3N(C)C2=O)nn1-c1ccccc1. The van der Waals surface area contributed by atoms with Crippen LogP contribution in [0.25, 0.3) is 5.69 Å². The first kappa shape index (κ1) is 20.8. The predicted octanol–water partition coefficient (Wildman–Crippen LogP) is 1.57. The smallest absolute Gasteiger partial charge is 0.276 e. The van der Waals surface area contributed by atoms with Crippen molar-refractivity contribution in [3.05, 3.63) is 81.8 Å². The van der Waals surface area contributed by atoms with E-state index in [2.05, 4.69) is 10.4 Å². The van der Waals surface area contributed by atoms with Crippen LogP contribution >= 0.6 is 0 Å². The Bertz CT molecular complexity index is 1310. The lowest BCUT2D eigenvalue weighted by Crippen LogP contribution is -2.50. The third kappa shape index (κ3) is 3.81. The number of para-hydroxylation sites is 1. The van der Waals surface area contributed by atoms with Crippen LogP contribution in [0.2, 0.25) is 0 Å². The fourth-order valence-electron chi connectivity index (χ4n) is 3.44. The van der Waals surface area contributed by atoms with Crippen LogP contribution in [0.3, 0.4) is 0 Å². The van der Waals surface area contributed by atoms with Crippen LogP contribution in [-0.2, 0) is 4.79 Å². The van der Waals surface area contributed by atoms with E-state index in [0.717, 1.165) is 0 Å². The molecule has 3 aromatic rings. The number of fused-ring (bicyclic) bond motifs is 1. The molecule has 9 heteroatoms. The molecule has 1 atom stereocenters. The van der Waals surface area contributed by atoms with Crippen molar-refractivity contribution in [2.75, 3.05) is 18.6 Å². The maximum absolute atomic E-state index is 12.9. The van der Waals surface area contributed by atoms with E-state index >= 15 is 0 Å². The summed E-state index contributed by atoms with van der Waals surface area (Å²) in [5, 5.41) is 15.9. The van der Waals surface area contributed by atoms with Crippen molar-refractivity contribution in [1.82, 2.24) is 15.1 Å². The van der Waals surface area contributed by atoms with E-state index in [1.54, 1.807) is 38.2 Å². The molecule has 0 radical (unpaired) electrons. The lowest BCUT2D eigenvalue weighted by molar-refractivity contribution is -0.120. The number of hydrogen-bond donors (Lipinski definition) is 1. The lowest BCUT2D eigenvalue weighted by Gasteiger charge is -2.20. The molecule has 1 aromatic heterocycles. The van der Waals surface area contributed by atoms with Gasteiger partial charge in [0.15, 0.2) is 5.69 Å². The number of likely N-dealkylation sites (N-methyl/N-ethyl adjacent to an activating group) is 1. The summed E-state index contributed by atoms with van der Waals surface area (Å²) in [7, 11) is 1.55. The molecule has 9 nitrogen and oxygen atoms in total. The molecule has 32 heavy (non-hydrogen) atoms. The molecule has 0 saturated heterocycles. The third-order valence-electron chi connectivity index (χ3n) is 5.11. The Morgan fingerprint density at radius 1 is 1.19 bits per heavy atom. The standard InChI is InChI=1S/C23H19N5O4/c1-14-10-19(29)21(26-28(14)16-6-4-3-5-7-16)22(30)25-17-13-32-20-11-15(12-24)8-9-18(20)27(2)23(17)31/h3-11,17H,13H2,1-2H3,(H,25,30)/t17-/m0/s1. The quantitative estimate of drug-likeness (QED) is 0.675. The van der Waals surface area contributed by atoms with Gasteiger partial charge in [-0.2, -0.15) is 10.4 Å². The fourth-order valence-corrected chi connectivity index (χ4v) is 3.44. The number of ether oxygens (including phenoxy) is 1. The molecule has 0 bridgehead atoms. The van der Waals surface area contributed by atoms with Gasteiger partial charge >= 0.3 is 0 Å². The van der Waals surface area contributed by atoms with E-state index < -0.39 is 23.3 Å². The highest BCUT2D eigenvalue weighted by Gasteiger charge is 2.32. The monoisotopic (exact) mass is 429 g/mol. The van der Waals surface area contributed by atoms with Crippen molar-refractivity contribution in [3.63, 3.8) is 0 Å². The second-order valence-corrected chi connectivity index (χ2v) is 7.27. The van der Waals surface area contributed by atoms with Crippen molar-refractivity contribution < 1.29 is 14.3 Å². The minimum absolute atomic E-state index is 0.157. The zero-order valence-electron chi connectivity index (χ0n) is 17.4. The number of rotatable bonds is 3. The normalized spacial score (nSPS) is 15.2. The van der Waals surface area contributed by atoms with Gasteiger partial charge in [-0.25, -0.2) is 4.68 Å². The lowest BCUT2D eigenvalue weighted by atomic mass is 10.2. The number of aryl methyl sites for hydroxylation is 1. The van der Waals surface area contributed by atoms with Crippen LogP contribution in [0.15, 0.2) is 59.4 Å². The van der Waals surface area contributed by atoms with Gasteiger partial charge in [0, 0.05) is 24.9 Å². The van der Waals surface area contributed by atoms with Gasteiger partial charge in [0.05, 0.1) is 23.0 Å². The molecular weight excluding hydrogens is 410 g/mol. The highest BCUT2D eigenvalue weighted by molar-refractivity contribution is 6.02. The zero-order valence-corrected chi connectivity index (χ0v) is 17.4. The summed E-state index contributed by atoms with van der Waals surface area (Å²) in [5.74, 6) is -0.840. The number of nitrogens with one attached hydrogen (secondary N) is 1. The summed E-state index contributed by atoms with van der Waals surface area (Å²) in [6.07, 6.45) is 0. The summed E-state index contributed by atoms with van der Waals surface area (Å²) in [5.41, 5.74) is 1.24. The molecule has 0 saturated carbocycles. The first-order valence-electron chi connectivity index (χ1n) is 9.81. The van der Waals surface area contributed by atoms with Crippen molar-refractivity contribution in [3.8, 4) is 17.5 Å². The van der Waals surface area contributed by atoms with Crippen LogP contribution < -0.4 is 20.4 Å². The van der Waals surface area contributed by atoms with Crippen molar-refractivity contribution in [1.29, 1.82) is 5.26 Å². The predicted molar refractivity (Wildman–Crippen MR) is 116 cm³/mol. The van der Waals surface area contributed by atoms with Crippen LogP contribution in [-0.4, -0.2) is 41.3 Å². The molecule has 1 aliphatic heterocycles. The Kier molecular flexibility index (Phi) is 5.43. The number of hydrogen-bond acceptors (Lipinski definition) is 6. The van der Waals surface area contributed by atoms with Gasteiger partial charge in [0.2, 0.25) is 5.43 Å². The number of aromatic nitrogens is 2. The second-order valence-electron chi connectivity index (χ2n) is 7.27. The fraction of sp³-hybridized carbons (Fsp3) is 0.174. The average Bonchev–Trinajstić information content (AvgIpc) is 2.91. The molecule has 2 amide bonds. The second kappa shape index (κ2) is 8.35. The van der Waals surface area contributed by atoms with Gasteiger partial charge < -0.3 is 15.0 Å². The first-order chi connectivity index (χ1) is 15.4. The summed E-state index contributed by atoms with van der Waals surface area (Å²) in [6.45, 7) is 1.56. The van der Waals surface area contributed by atoms with Gasteiger partial charge in [0.1, 0.15) is 18.4 Å². The molecular formula is C23H19N5O4. The molecule has 1 aliphatic rings. The Hall–Kier alpha value is -4.45. The maximum atomic E-state index is 12.9. The van der Waals surface area contributed by atoms with Crippen LogP contribution in [0.4, 0.5) is 5.69 Å². The number of anilines is 1. The van der Waals surface area contributed by atoms with Crippen LogP contribution in [0, 0.1) is 18.3 Å². The maximum Gasteiger partial charge on any atom is 0.276 e. The third-order valence-corrected chi connectivity index (χ3v) is 5.11. The first-order valence-corrected chi connectivity index (χ1v) is 9.81. The number of nitriles is 1. The summed E-state index contributed by atoms with van der Waals surface area (Å²) >= 11 is 0. The summed E-state index contributed by atoms with van der Waals surface area (Å²) in [4.78, 5) is 39.7. The van der Waals surface area contributed by atoms with Gasteiger partial charge in [-0.15, -0.1) is 0 Å². The molecule has 2 aromatic carbocycles. The Balaban J connectivity index is 1.61. The van der Waals surface area contributed by atoms with Gasteiger partial charge in [-0.3, -0.25) is 14.4 Å². The van der Waals surface area contributed by atoms with E-state index in [9.17, 15) is 14.4 Å². The zero-order chi connectivity index (χ0) is 22.8. The topological polar surface area (TPSA) is 117 Å². The van der Waals surface area contributed by atoms with E-state index in [-0.39, 0.29) is 12.3 Å². The highest BCUT2D eigenvalue weighted by Crippen LogP contribution is 2.31. The average molecular weight is 429 g/mol. The summed E-state index contributed by atoms with van der Waals surface area (Å²) < 4.78 is 7.18. The van der Waals surface area contributed by atoms with Gasteiger partial charge in [-0.1, -0.05) is 18.2 Å². The highest BCUT2D eigenvalue weighted by atomic mass is 16.5. The molecule has 0 spiro atoms. The van der Waals surface area contributed by atoms with E-state index in [1.165, 1.54) is 21.7 Å². The molecule has 0 unspecified atom stereocenters. The molecule has 0 aliphatic carbocycles. The number of carbonyl (C=O) groups is 2. The largest absolute Gasteiger partial charge is 0.489 e. The Morgan fingerprint density at radius 2 is 1.94 bits per heavy atom. The van der Waals surface area contributed by atoms with E-state index in [0.29, 0.717) is 28.4 Å². The van der Waals surface area contributed by atoms with E-state index in [4.69, 9.17) is 10.00 Å². The van der Waals surface area contributed by atoms with E-state index in [1.807, 2.05) is 24.3 Å². The molecule has 2 heterocycles. The van der Waals surface area contributed by atoms with Crippen molar-refractivity contribution >= 4 is 17.5 Å². The summed E-state index contributed by atoms with van der Waals surface area (Å²) in [6, 6.07) is 16.1. The van der Waals surface area contributed by atoms with Gasteiger partial charge in [0.25, 0.3) is 11.8 Å². The Morgan fingerprint density at radius 3 is 2.66 bits per heavy atom. The van der Waals surface area contributed by atoms with Crippen LogP contribution in [0.1, 0.15) is 21.7 Å². The minimum Gasteiger partial charge on any atom is -0.489 e. The molecule has 4 rings (SSSR count). The van der Waals surface area contributed by atoms with Crippen molar-refractivity contribution in [2.45, 2.75) is 13.0 Å². The van der Waals surface area contributed by atoms with Gasteiger partial charge in [-0.05, 0) is 31.2 Å². The van der Waals surface area contributed by atoms with Crippen LogP contribution in [0.5, 0.6) is 5.75 Å². The Labute approximate surface area is 183 Å². The number of benzene rings is 2. The van der Waals surface area contributed by atoms with Crippen molar-refractivity contribution in [2.24, 2.45) is 0 Å².